The molecule has 0 aliphatic heterocycles. The number of rotatable bonds is 2. The fourth-order valence-electron chi connectivity index (χ4n) is 1.42. The van der Waals surface area contributed by atoms with Crippen molar-refractivity contribution in [2.45, 2.75) is 32.9 Å². The van der Waals surface area contributed by atoms with Crippen LogP contribution in [0.2, 0.25) is 0 Å². The molecule has 0 saturated carbocycles. The topological polar surface area (TPSA) is 52.3 Å². The van der Waals surface area contributed by atoms with Gasteiger partial charge in [0.05, 0.1) is 0 Å². The zero-order valence-corrected chi connectivity index (χ0v) is 11.7. The number of thiophene rings is 2. The molecule has 3 nitrogen and oxygen atoms in total. The molecule has 2 rings (SSSR count). The number of fused-ring (bicyclic) bond motifs is 1. The van der Waals surface area contributed by atoms with E-state index in [1.165, 1.54) is 11.3 Å². The van der Waals surface area contributed by atoms with E-state index < -0.39 is 5.60 Å². The standard InChI is InChI=1S/C12H15NO2S2/c1-12(2,3)15-11(14)10-5-9-8(17-10)4-7(6-13)16-9/h4-5H,6,13H2,1-3H3. The van der Waals surface area contributed by atoms with E-state index in [2.05, 4.69) is 0 Å². The average molecular weight is 269 g/mol. The summed E-state index contributed by atoms with van der Waals surface area (Å²) in [6.07, 6.45) is 0. The molecule has 17 heavy (non-hydrogen) atoms. The molecule has 0 unspecified atom stereocenters. The molecule has 0 aliphatic rings. The van der Waals surface area contributed by atoms with E-state index in [4.69, 9.17) is 10.5 Å². The number of esters is 1. The average Bonchev–Trinajstić information content (AvgIpc) is 2.70. The summed E-state index contributed by atoms with van der Waals surface area (Å²) in [6.45, 7) is 6.15. The maximum atomic E-state index is 11.9. The molecule has 0 bridgehead atoms. The number of hydrogen-bond acceptors (Lipinski definition) is 5. The summed E-state index contributed by atoms with van der Waals surface area (Å²) in [5.74, 6) is -0.250. The van der Waals surface area contributed by atoms with Crippen LogP contribution in [-0.2, 0) is 11.3 Å². The number of carbonyl (C=O) groups is 1. The molecule has 0 amide bonds. The van der Waals surface area contributed by atoms with Crippen molar-refractivity contribution in [1.29, 1.82) is 0 Å². The van der Waals surface area contributed by atoms with Crippen LogP contribution in [0.3, 0.4) is 0 Å². The van der Waals surface area contributed by atoms with Crippen LogP contribution < -0.4 is 5.73 Å². The molecule has 2 aromatic rings. The van der Waals surface area contributed by atoms with Crippen molar-refractivity contribution in [3.8, 4) is 0 Å². The number of carbonyl (C=O) groups excluding carboxylic acids is 1. The van der Waals surface area contributed by atoms with Crippen LogP contribution in [0.15, 0.2) is 12.1 Å². The third-order valence-electron chi connectivity index (χ3n) is 2.06. The lowest BCUT2D eigenvalue weighted by atomic mass is 10.2. The summed E-state index contributed by atoms with van der Waals surface area (Å²) >= 11 is 3.09. The lowest BCUT2D eigenvalue weighted by Gasteiger charge is -2.18. The van der Waals surface area contributed by atoms with Crippen molar-refractivity contribution in [3.05, 3.63) is 21.9 Å². The molecule has 0 aliphatic carbocycles. The van der Waals surface area contributed by atoms with Crippen LogP contribution in [0.25, 0.3) is 9.40 Å². The third-order valence-corrected chi connectivity index (χ3v) is 4.36. The molecule has 92 valence electrons. The van der Waals surface area contributed by atoms with Gasteiger partial charge in [-0.1, -0.05) is 0 Å². The first-order chi connectivity index (χ1) is 7.89. The van der Waals surface area contributed by atoms with Gasteiger partial charge in [-0.2, -0.15) is 0 Å². The first kappa shape index (κ1) is 12.5. The van der Waals surface area contributed by atoms with E-state index in [0.29, 0.717) is 11.4 Å². The third kappa shape index (κ3) is 2.86. The van der Waals surface area contributed by atoms with E-state index in [1.54, 1.807) is 11.3 Å². The predicted octanol–water partition coefficient (Wildman–Crippen LogP) is 3.38. The summed E-state index contributed by atoms with van der Waals surface area (Å²) in [4.78, 5) is 13.6. The molecular formula is C12H15NO2S2. The van der Waals surface area contributed by atoms with E-state index >= 15 is 0 Å². The summed E-state index contributed by atoms with van der Waals surface area (Å²) < 4.78 is 7.55. The summed E-state index contributed by atoms with van der Waals surface area (Å²) in [7, 11) is 0. The van der Waals surface area contributed by atoms with E-state index in [-0.39, 0.29) is 5.97 Å². The minimum Gasteiger partial charge on any atom is -0.456 e. The van der Waals surface area contributed by atoms with Crippen molar-refractivity contribution < 1.29 is 9.53 Å². The SMILES string of the molecule is CC(C)(C)OC(=O)c1cc2sc(CN)cc2s1. The molecule has 0 spiro atoms. The van der Waals surface area contributed by atoms with Gasteiger partial charge in [0.2, 0.25) is 0 Å². The number of ether oxygens (including phenoxy) is 1. The summed E-state index contributed by atoms with van der Waals surface area (Å²) in [6, 6.07) is 3.93. The highest BCUT2D eigenvalue weighted by atomic mass is 32.1. The van der Waals surface area contributed by atoms with Gasteiger partial charge in [-0.25, -0.2) is 4.79 Å². The highest BCUT2D eigenvalue weighted by Crippen LogP contribution is 2.33. The van der Waals surface area contributed by atoms with Gasteiger partial charge in [-0.3, -0.25) is 0 Å². The normalized spacial score (nSPS) is 12.0. The summed E-state index contributed by atoms with van der Waals surface area (Å²) in [5, 5.41) is 0. The fourth-order valence-corrected chi connectivity index (χ4v) is 3.59. The monoisotopic (exact) mass is 269 g/mol. The maximum absolute atomic E-state index is 11.9. The highest BCUT2D eigenvalue weighted by Gasteiger charge is 2.20. The van der Waals surface area contributed by atoms with Gasteiger partial charge in [-0.05, 0) is 32.9 Å². The Bertz CT molecular complexity index is 517. The highest BCUT2D eigenvalue weighted by molar-refractivity contribution is 7.28. The Balaban J connectivity index is 2.25. The van der Waals surface area contributed by atoms with Gasteiger partial charge < -0.3 is 10.5 Å². The summed E-state index contributed by atoms with van der Waals surface area (Å²) in [5.41, 5.74) is 5.13. The zero-order valence-electron chi connectivity index (χ0n) is 10.1. The van der Waals surface area contributed by atoms with Crippen LogP contribution >= 0.6 is 22.7 Å². The van der Waals surface area contributed by atoms with Crippen molar-refractivity contribution in [2.24, 2.45) is 5.73 Å². The minimum absolute atomic E-state index is 0.250. The Morgan fingerprint density at radius 3 is 2.47 bits per heavy atom. The van der Waals surface area contributed by atoms with Crippen LogP contribution in [0.4, 0.5) is 0 Å². The van der Waals surface area contributed by atoms with Gasteiger partial charge in [0.15, 0.2) is 0 Å². The van der Waals surface area contributed by atoms with E-state index in [1.807, 2.05) is 32.9 Å². The number of nitrogens with two attached hydrogens (primary N) is 1. The molecule has 0 radical (unpaired) electrons. The molecule has 0 saturated heterocycles. The van der Waals surface area contributed by atoms with E-state index in [9.17, 15) is 4.79 Å². The van der Waals surface area contributed by atoms with Gasteiger partial charge in [0.1, 0.15) is 10.5 Å². The Morgan fingerprint density at radius 2 is 1.94 bits per heavy atom. The second-order valence-electron chi connectivity index (χ2n) is 4.76. The van der Waals surface area contributed by atoms with Gasteiger partial charge in [-0.15, -0.1) is 22.7 Å². The Kier molecular flexibility index (Phi) is 3.25. The van der Waals surface area contributed by atoms with Crippen LogP contribution in [-0.4, -0.2) is 11.6 Å². The maximum Gasteiger partial charge on any atom is 0.348 e. The second kappa shape index (κ2) is 4.40. The fraction of sp³-hybridized carbons (Fsp3) is 0.417. The van der Waals surface area contributed by atoms with Gasteiger partial charge >= 0.3 is 5.97 Å². The van der Waals surface area contributed by atoms with Crippen molar-refractivity contribution in [3.63, 3.8) is 0 Å². The largest absolute Gasteiger partial charge is 0.456 e. The Labute approximate surface area is 108 Å². The predicted molar refractivity (Wildman–Crippen MR) is 72.8 cm³/mol. The molecule has 5 heteroatoms. The zero-order chi connectivity index (χ0) is 12.6. The smallest absolute Gasteiger partial charge is 0.348 e. The van der Waals surface area contributed by atoms with Crippen LogP contribution in [0, 0.1) is 0 Å². The van der Waals surface area contributed by atoms with Crippen molar-refractivity contribution in [1.82, 2.24) is 0 Å². The van der Waals surface area contributed by atoms with Crippen molar-refractivity contribution >= 4 is 38.0 Å². The van der Waals surface area contributed by atoms with Crippen molar-refractivity contribution in [2.75, 3.05) is 0 Å². The first-order valence-corrected chi connectivity index (χ1v) is 6.98. The molecular weight excluding hydrogens is 254 g/mol. The van der Waals surface area contributed by atoms with Gasteiger partial charge in [0, 0.05) is 20.8 Å². The Hall–Kier alpha value is -0.910. The molecule has 2 aromatic heterocycles. The molecule has 2 heterocycles. The molecule has 0 atom stereocenters. The number of hydrogen-bond donors (Lipinski definition) is 1. The quantitative estimate of drug-likeness (QED) is 0.850. The first-order valence-electron chi connectivity index (χ1n) is 5.35. The Morgan fingerprint density at radius 1 is 1.29 bits per heavy atom. The minimum atomic E-state index is -0.448. The lowest BCUT2D eigenvalue weighted by molar-refractivity contribution is 0.00753. The lowest BCUT2D eigenvalue weighted by Crippen LogP contribution is -2.23. The van der Waals surface area contributed by atoms with E-state index in [0.717, 1.165) is 14.3 Å². The van der Waals surface area contributed by atoms with Crippen LogP contribution in [0.5, 0.6) is 0 Å². The second-order valence-corrected chi connectivity index (χ2v) is 7.01. The molecule has 0 aromatic carbocycles. The molecule has 0 fully saturated rings. The van der Waals surface area contributed by atoms with Crippen LogP contribution in [0.1, 0.15) is 35.3 Å². The van der Waals surface area contributed by atoms with Gasteiger partial charge in [0.25, 0.3) is 0 Å². The molecule has 2 N–H and O–H groups in total.